The smallest absolute Gasteiger partial charge is 0.326 e. The van der Waals surface area contributed by atoms with Crippen LogP contribution < -0.4 is 9.64 Å². The molecule has 1 aliphatic heterocycles. The third-order valence-corrected chi connectivity index (χ3v) is 3.17. The van der Waals surface area contributed by atoms with Crippen molar-refractivity contribution >= 4 is 23.3 Å². The molecule has 1 atom stereocenters. The third-order valence-electron chi connectivity index (χ3n) is 3.17. The summed E-state index contributed by atoms with van der Waals surface area (Å²) in [5.41, 5.74) is 0.868. The molecule has 0 N–H and O–H groups in total. The number of anilines is 1. The topological polar surface area (TPSA) is 72.9 Å². The van der Waals surface area contributed by atoms with Crippen LogP contribution >= 0.6 is 0 Å². The van der Waals surface area contributed by atoms with Crippen molar-refractivity contribution in [2.45, 2.75) is 26.9 Å². The highest BCUT2D eigenvalue weighted by Gasteiger charge is 2.33. The van der Waals surface area contributed by atoms with Gasteiger partial charge < -0.3 is 9.47 Å². The Balaban J connectivity index is 2.39. The Labute approximate surface area is 122 Å². The zero-order valence-corrected chi connectivity index (χ0v) is 12.2. The van der Waals surface area contributed by atoms with Gasteiger partial charge in [0, 0.05) is 5.56 Å². The van der Waals surface area contributed by atoms with Gasteiger partial charge in [0.05, 0.1) is 12.3 Å². The molecule has 112 valence electrons. The molecule has 21 heavy (non-hydrogen) atoms. The van der Waals surface area contributed by atoms with Gasteiger partial charge in [-0.1, -0.05) is 0 Å². The Morgan fingerprint density at radius 1 is 1.38 bits per heavy atom. The highest BCUT2D eigenvalue weighted by Crippen LogP contribution is 2.34. The first kappa shape index (κ1) is 15.0. The number of ether oxygens (including phenoxy) is 2. The number of fused-ring (bicyclic) bond motifs is 1. The Morgan fingerprint density at radius 2 is 2.10 bits per heavy atom. The lowest BCUT2D eigenvalue weighted by molar-refractivity contribution is -0.143. The first-order valence-electron chi connectivity index (χ1n) is 6.72. The average molecular weight is 291 g/mol. The lowest BCUT2D eigenvalue weighted by atomic mass is 10.1. The molecular formula is C15H17NO5. The van der Waals surface area contributed by atoms with E-state index < -0.39 is 12.1 Å². The van der Waals surface area contributed by atoms with E-state index in [0.717, 1.165) is 0 Å². The van der Waals surface area contributed by atoms with Crippen LogP contribution in [0, 0.1) is 0 Å². The first-order chi connectivity index (χ1) is 9.93. The summed E-state index contributed by atoms with van der Waals surface area (Å²) in [6.07, 6.45) is -0.685. The number of rotatable bonds is 4. The average Bonchev–Trinajstić information content (AvgIpc) is 2.43. The van der Waals surface area contributed by atoms with Crippen LogP contribution in [0.1, 0.15) is 31.1 Å². The van der Waals surface area contributed by atoms with Crippen molar-refractivity contribution in [1.82, 2.24) is 0 Å². The zero-order chi connectivity index (χ0) is 15.6. The van der Waals surface area contributed by atoms with Crippen LogP contribution in [0.2, 0.25) is 0 Å². The molecule has 0 aromatic heterocycles. The van der Waals surface area contributed by atoms with Crippen molar-refractivity contribution in [2.24, 2.45) is 0 Å². The fraction of sp³-hybridized carbons (Fsp3) is 0.400. The van der Waals surface area contributed by atoms with E-state index in [2.05, 4.69) is 0 Å². The third kappa shape index (κ3) is 3.04. The molecule has 0 radical (unpaired) electrons. The summed E-state index contributed by atoms with van der Waals surface area (Å²) in [6, 6.07) is 4.82. The lowest BCUT2D eigenvalue weighted by Crippen LogP contribution is -2.47. The molecule has 6 heteroatoms. The minimum absolute atomic E-state index is 0.125. The van der Waals surface area contributed by atoms with E-state index in [0.29, 0.717) is 17.0 Å². The van der Waals surface area contributed by atoms with Gasteiger partial charge in [0.15, 0.2) is 11.9 Å². The lowest BCUT2D eigenvalue weighted by Gasteiger charge is -2.32. The zero-order valence-electron chi connectivity index (χ0n) is 12.2. The van der Waals surface area contributed by atoms with Gasteiger partial charge in [-0.25, -0.2) is 0 Å². The van der Waals surface area contributed by atoms with E-state index in [-0.39, 0.29) is 24.8 Å². The van der Waals surface area contributed by atoms with E-state index in [1.807, 2.05) is 0 Å². The number of benzene rings is 1. The number of hydrogen-bond donors (Lipinski definition) is 0. The first-order valence-corrected chi connectivity index (χ1v) is 6.72. The second kappa shape index (κ2) is 5.95. The van der Waals surface area contributed by atoms with E-state index in [1.54, 1.807) is 32.0 Å². The molecule has 0 saturated heterocycles. The van der Waals surface area contributed by atoms with Gasteiger partial charge in [-0.3, -0.25) is 19.3 Å². The predicted octanol–water partition coefficient (Wildman–Crippen LogP) is 1.57. The van der Waals surface area contributed by atoms with Gasteiger partial charge in [0.2, 0.25) is 0 Å². The highest BCUT2D eigenvalue weighted by atomic mass is 16.5. The maximum Gasteiger partial charge on any atom is 0.326 e. The predicted molar refractivity (Wildman–Crippen MR) is 75.5 cm³/mol. The standard InChI is InChI=1S/C15H17NO5/c1-4-20-14(18)8-16-12-7-11(9(2)17)5-6-13(12)21-10(3)15(16)19/h5-7,10H,4,8H2,1-3H3/t10-/m1/s1. The minimum atomic E-state index is -0.685. The van der Waals surface area contributed by atoms with Gasteiger partial charge in [-0.2, -0.15) is 0 Å². The second-order valence-corrected chi connectivity index (χ2v) is 4.73. The van der Waals surface area contributed by atoms with E-state index in [4.69, 9.17) is 9.47 Å². The van der Waals surface area contributed by atoms with Gasteiger partial charge in [0.25, 0.3) is 5.91 Å². The molecule has 1 aliphatic rings. The highest BCUT2D eigenvalue weighted by molar-refractivity contribution is 6.04. The molecular weight excluding hydrogens is 274 g/mol. The van der Waals surface area contributed by atoms with Crippen molar-refractivity contribution in [3.8, 4) is 5.75 Å². The van der Waals surface area contributed by atoms with E-state index in [1.165, 1.54) is 11.8 Å². The quantitative estimate of drug-likeness (QED) is 0.622. The summed E-state index contributed by atoms with van der Waals surface area (Å²) in [4.78, 5) is 36.7. The van der Waals surface area contributed by atoms with Gasteiger partial charge in [0.1, 0.15) is 12.3 Å². The van der Waals surface area contributed by atoms with Crippen LogP contribution in [-0.4, -0.2) is 36.9 Å². The number of Topliss-reactive ketones (excluding diaryl/α,β-unsaturated/α-hetero) is 1. The van der Waals surface area contributed by atoms with Crippen molar-refractivity contribution in [3.05, 3.63) is 23.8 Å². The fourth-order valence-corrected chi connectivity index (χ4v) is 2.12. The number of carbonyl (C=O) groups is 3. The summed E-state index contributed by atoms with van der Waals surface area (Å²) < 4.78 is 10.4. The number of nitrogens with zero attached hydrogens (tertiary/aromatic N) is 1. The molecule has 0 saturated carbocycles. The normalized spacial score (nSPS) is 17.0. The molecule has 0 spiro atoms. The molecule has 2 rings (SSSR count). The summed E-state index contributed by atoms with van der Waals surface area (Å²) in [7, 11) is 0. The number of amides is 1. The SMILES string of the molecule is CCOC(=O)CN1C(=O)[C@@H](C)Oc2ccc(C(C)=O)cc21. The molecule has 0 unspecified atom stereocenters. The molecule has 1 aromatic rings. The second-order valence-electron chi connectivity index (χ2n) is 4.73. The van der Waals surface area contributed by atoms with Gasteiger partial charge >= 0.3 is 5.97 Å². The maximum atomic E-state index is 12.2. The van der Waals surface area contributed by atoms with Gasteiger partial charge in [-0.05, 0) is 39.0 Å². The molecule has 0 bridgehead atoms. The molecule has 1 heterocycles. The van der Waals surface area contributed by atoms with Crippen LogP contribution in [-0.2, 0) is 14.3 Å². The Morgan fingerprint density at radius 3 is 2.71 bits per heavy atom. The number of hydrogen-bond acceptors (Lipinski definition) is 5. The van der Waals surface area contributed by atoms with E-state index >= 15 is 0 Å². The largest absolute Gasteiger partial charge is 0.479 e. The van der Waals surface area contributed by atoms with Crippen molar-refractivity contribution < 1.29 is 23.9 Å². The Hall–Kier alpha value is -2.37. The van der Waals surface area contributed by atoms with Crippen molar-refractivity contribution in [2.75, 3.05) is 18.1 Å². The minimum Gasteiger partial charge on any atom is -0.479 e. The summed E-state index contributed by atoms with van der Waals surface area (Å²) in [5.74, 6) is -0.494. The maximum absolute atomic E-state index is 12.2. The fourth-order valence-electron chi connectivity index (χ4n) is 2.12. The number of carbonyl (C=O) groups excluding carboxylic acids is 3. The summed E-state index contributed by atoms with van der Waals surface area (Å²) in [6.45, 7) is 4.79. The summed E-state index contributed by atoms with van der Waals surface area (Å²) in [5, 5.41) is 0. The molecule has 1 amide bonds. The molecule has 0 fully saturated rings. The van der Waals surface area contributed by atoms with Crippen LogP contribution in [0.25, 0.3) is 0 Å². The monoisotopic (exact) mass is 291 g/mol. The summed E-state index contributed by atoms with van der Waals surface area (Å²) >= 11 is 0. The molecule has 0 aliphatic carbocycles. The van der Waals surface area contributed by atoms with Gasteiger partial charge in [-0.15, -0.1) is 0 Å². The van der Waals surface area contributed by atoms with Crippen LogP contribution in [0.3, 0.4) is 0 Å². The van der Waals surface area contributed by atoms with Crippen LogP contribution in [0.5, 0.6) is 5.75 Å². The Kier molecular flexibility index (Phi) is 4.26. The molecule has 6 nitrogen and oxygen atoms in total. The van der Waals surface area contributed by atoms with Crippen molar-refractivity contribution in [1.29, 1.82) is 0 Å². The number of esters is 1. The van der Waals surface area contributed by atoms with Crippen LogP contribution in [0.15, 0.2) is 18.2 Å². The molecule has 1 aromatic carbocycles. The Bertz CT molecular complexity index is 596. The van der Waals surface area contributed by atoms with E-state index in [9.17, 15) is 14.4 Å². The van der Waals surface area contributed by atoms with Crippen molar-refractivity contribution in [3.63, 3.8) is 0 Å². The number of ketones is 1. The van der Waals surface area contributed by atoms with Crippen LogP contribution in [0.4, 0.5) is 5.69 Å².